The molecule has 21 heavy (non-hydrogen) atoms. The normalized spacial score (nSPS) is 21.8. The third-order valence-corrected chi connectivity index (χ3v) is 4.67. The molecule has 2 rings (SSSR count). The number of nitrogens with zero attached hydrogens (tertiary/aromatic N) is 1. The fraction of sp³-hybridized carbons (Fsp3) is 0.643. The van der Waals surface area contributed by atoms with Crippen molar-refractivity contribution in [1.82, 2.24) is 15.6 Å². The molecule has 0 radical (unpaired) electrons. The summed E-state index contributed by atoms with van der Waals surface area (Å²) in [4.78, 5) is 26.8. The van der Waals surface area contributed by atoms with E-state index in [-0.39, 0.29) is 11.9 Å². The van der Waals surface area contributed by atoms with E-state index in [4.69, 9.17) is 5.11 Å². The van der Waals surface area contributed by atoms with Gasteiger partial charge in [-0.15, -0.1) is 11.3 Å². The van der Waals surface area contributed by atoms with Gasteiger partial charge in [-0.1, -0.05) is 0 Å². The molecular weight excluding hydrogens is 290 g/mol. The molecule has 0 atom stereocenters. The molecule has 1 heterocycles. The summed E-state index contributed by atoms with van der Waals surface area (Å²) in [7, 11) is 0. The van der Waals surface area contributed by atoms with Gasteiger partial charge in [0.15, 0.2) is 0 Å². The Morgan fingerprint density at radius 2 is 2.05 bits per heavy atom. The Bertz CT molecular complexity index is 495. The molecule has 3 N–H and O–H groups in total. The second kappa shape index (κ2) is 7.40. The van der Waals surface area contributed by atoms with Crippen LogP contribution in [0.4, 0.5) is 4.79 Å². The highest BCUT2D eigenvalue weighted by molar-refractivity contribution is 7.09. The first-order valence-electron chi connectivity index (χ1n) is 7.20. The highest BCUT2D eigenvalue weighted by Gasteiger charge is 2.25. The Kier molecular flexibility index (Phi) is 5.55. The highest BCUT2D eigenvalue weighted by atomic mass is 32.1. The molecule has 1 aliphatic rings. The number of nitrogens with one attached hydrogen (secondary N) is 2. The fourth-order valence-electron chi connectivity index (χ4n) is 2.57. The van der Waals surface area contributed by atoms with Crippen LogP contribution in [0.3, 0.4) is 0 Å². The maximum absolute atomic E-state index is 11.7. The van der Waals surface area contributed by atoms with Crippen LogP contribution in [0.5, 0.6) is 0 Å². The van der Waals surface area contributed by atoms with Crippen LogP contribution in [-0.2, 0) is 11.3 Å². The van der Waals surface area contributed by atoms with Crippen molar-refractivity contribution < 1.29 is 14.7 Å². The van der Waals surface area contributed by atoms with Crippen LogP contribution in [0.2, 0.25) is 0 Å². The van der Waals surface area contributed by atoms with Crippen LogP contribution in [-0.4, -0.2) is 28.6 Å². The third-order valence-electron chi connectivity index (χ3n) is 3.84. The lowest BCUT2D eigenvalue weighted by atomic mass is 9.82. The molecule has 116 valence electrons. The van der Waals surface area contributed by atoms with E-state index in [1.807, 2.05) is 12.3 Å². The first-order valence-corrected chi connectivity index (χ1v) is 8.08. The predicted octanol–water partition coefficient (Wildman–Crippen LogP) is 2.14. The summed E-state index contributed by atoms with van der Waals surface area (Å²) in [6, 6.07) is -0.194. The van der Waals surface area contributed by atoms with Gasteiger partial charge in [0, 0.05) is 11.9 Å². The lowest BCUT2D eigenvalue weighted by molar-refractivity contribution is -0.143. The van der Waals surface area contributed by atoms with E-state index in [9.17, 15) is 9.59 Å². The maximum atomic E-state index is 11.7. The number of urea groups is 1. The molecule has 1 aromatic heterocycles. The van der Waals surface area contributed by atoms with Gasteiger partial charge in [-0.05, 0) is 38.5 Å². The molecule has 0 aromatic carbocycles. The smallest absolute Gasteiger partial charge is 0.315 e. The minimum absolute atomic E-state index is 0.194. The highest BCUT2D eigenvalue weighted by Crippen LogP contribution is 2.28. The zero-order valence-electron chi connectivity index (χ0n) is 12.1. The molecule has 6 nitrogen and oxygen atoms in total. The number of aromatic nitrogens is 1. The van der Waals surface area contributed by atoms with Crippen LogP contribution >= 0.6 is 11.3 Å². The van der Waals surface area contributed by atoms with Crippen molar-refractivity contribution in [3.8, 4) is 0 Å². The third kappa shape index (κ3) is 5.00. The minimum Gasteiger partial charge on any atom is -0.481 e. The van der Waals surface area contributed by atoms with Gasteiger partial charge in [0.1, 0.15) is 0 Å². The van der Waals surface area contributed by atoms with Crippen LogP contribution in [0.15, 0.2) is 5.38 Å². The Balaban J connectivity index is 1.62. The molecule has 0 bridgehead atoms. The Morgan fingerprint density at radius 1 is 1.33 bits per heavy atom. The zero-order chi connectivity index (χ0) is 15.2. The van der Waals surface area contributed by atoms with E-state index in [0.717, 1.165) is 23.5 Å². The number of thiazole rings is 1. The van der Waals surface area contributed by atoms with Gasteiger partial charge in [0.25, 0.3) is 0 Å². The largest absolute Gasteiger partial charge is 0.481 e. The lowest BCUT2D eigenvalue weighted by Gasteiger charge is -2.26. The summed E-state index contributed by atoms with van der Waals surface area (Å²) < 4.78 is 0. The first-order chi connectivity index (χ1) is 10.0. The molecular formula is C14H21N3O3S. The summed E-state index contributed by atoms with van der Waals surface area (Å²) in [6.45, 7) is 2.97. The number of amides is 2. The van der Waals surface area contributed by atoms with Crippen molar-refractivity contribution >= 4 is 23.3 Å². The summed E-state index contributed by atoms with van der Waals surface area (Å²) in [5.74, 6) is -0.520. The van der Waals surface area contributed by atoms with Gasteiger partial charge in [-0.25, -0.2) is 9.78 Å². The average Bonchev–Trinajstić information content (AvgIpc) is 2.89. The molecule has 1 aliphatic carbocycles. The topological polar surface area (TPSA) is 91.3 Å². The Labute approximate surface area is 128 Å². The number of hydrogen-bond donors (Lipinski definition) is 3. The average molecular weight is 311 g/mol. The predicted molar refractivity (Wildman–Crippen MR) is 80.2 cm³/mol. The lowest BCUT2D eigenvalue weighted by Crippen LogP contribution is -2.39. The van der Waals surface area contributed by atoms with Gasteiger partial charge in [-0.2, -0.15) is 0 Å². The van der Waals surface area contributed by atoms with Crippen molar-refractivity contribution in [2.75, 3.05) is 6.54 Å². The summed E-state index contributed by atoms with van der Waals surface area (Å²) in [5, 5.41) is 17.5. The molecule has 0 spiro atoms. The molecule has 7 heteroatoms. The van der Waals surface area contributed by atoms with E-state index < -0.39 is 5.97 Å². The van der Waals surface area contributed by atoms with E-state index in [0.29, 0.717) is 31.8 Å². The minimum atomic E-state index is -0.697. The van der Waals surface area contributed by atoms with Crippen molar-refractivity contribution in [2.45, 2.75) is 39.2 Å². The number of aliphatic carboxylic acids is 1. The fourth-order valence-corrected chi connectivity index (χ4v) is 3.19. The SMILES string of the molecule is Cc1nc(CNC(=O)NCC2CCC(C(=O)O)CC2)cs1. The number of aryl methyl sites for hydroxylation is 1. The standard InChI is InChI=1S/C14H21N3O3S/c1-9-17-12(8-21-9)7-16-14(20)15-6-10-2-4-11(5-3-10)13(18)19/h8,10-11H,2-7H2,1H3,(H,18,19)(H2,15,16,20). The van der Waals surface area contributed by atoms with Crippen molar-refractivity contribution in [3.05, 3.63) is 16.1 Å². The van der Waals surface area contributed by atoms with E-state index in [1.54, 1.807) is 11.3 Å². The van der Waals surface area contributed by atoms with Gasteiger partial charge in [-0.3, -0.25) is 4.79 Å². The Hall–Kier alpha value is -1.63. The van der Waals surface area contributed by atoms with E-state index in [1.165, 1.54) is 0 Å². The second-order valence-electron chi connectivity index (χ2n) is 5.48. The Morgan fingerprint density at radius 3 is 2.62 bits per heavy atom. The number of carbonyl (C=O) groups is 2. The summed E-state index contributed by atoms with van der Waals surface area (Å²) >= 11 is 1.56. The molecule has 0 unspecified atom stereocenters. The van der Waals surface area contributed by atoms with Crippen LogP contribution in [0.25, 0.3) is 0 Å². The molecule has 0 saturated heterocycles. The van der Waals surface area contributed by atoms with Crippen LogP contribution < -0.4 is 10.6 Å². The number of carbonyl (C=O) groups excluding carboxylic acids is 1. The van der Waals surface area contributed by atoms with Crippen molar-refractivity contribution in [2.24, 2.45) is 11.8 Å². The van der Waals surface area contributed by atoms with Crippen LogP contribution in [0, 0.1) is 18.8 Å². The molecule has 2 amide bonds. The number of rotatable bonds is 5. The first kappa shape index (κ1) is 15.8. The monoisotopic (exact) mass is 311 g/mol. The maximum Gasteiger partial charge on any atom is 0.315 e. The van der Waals surface area contributed by atoms with Crippen LogP contribution in [0.1, 0.15) is 36.4 Å². The quantitative estimate of drug-likeness (QED) is 0.777. The molecule has 0 aliphatic heterocycles. The second-order valence-corrected chi connectivity index (χ2v) is 6.54. The number of carboxylic acid groups (broad SMARTS) is 1. The molecule has 1 saturated carbocycles. The van der Waals surface area contributed by atoms with Gasteiger partial charge in [0.2, 0.25) is 0 Å². The van der Waals surface area contributed by atoms with Gasteiger partial charge < -0.3 is 15.7 Å². The van der Waals surface area contributed by atoms with Gasteiger partial charge in [0.05, 0.1) is 23.2 Å². The van der Waals surface area contributed by atoms with Crippen molar-refractivity contribution in [3.63, 3.8) is 0 Å². The molecule has 1 aromatic rings. The zero-order valence-corrected chi connectivity index (χ0v) is 12.9. The van der Waals surface area contributed by atoms with E-state index >= 15 is 0 Å². The number of hydrogen-bond acceptors (Lipinski definition) is 4. The molecule has 1 fully saturated rings. The van der Waals surface area contributed by atoms with Crippen molar-refractivity contribution in [1.29, 1.82) is 0 Å². The summed E-state index contributed by atoms with van der Waals surface area (Å²) in [5.41, 5.74) is 0.870. The van der Waals surface area contributed by atoms with Gasteiger partial charge >= 0.3 is 12.0 Å². The number of carboxylic acids is 1. The summed E-state index contributed by atoms with van der Waals surface area (Å²) in [6.07, 6.45) is 3.15. The van der Waals surface area contributed by atoms with E-state index in [2.05, 4.69) is 15.6 Å².